The maximum Gasteiger partial charge on any atom is 0.343 e. The summed E-state index contributed by atoms with van der Waals surface area (Å²) < 4.78 is 5.33. The number of alkyl halides is 1. The maximum atomic E-state index is 12.2. The lowest BCUT2D eigenvalue weighted by molar-refractivity contribution is 0.0734. The fourth-order valence-electron chi connectivity index (χ4n) is 2.06. The number of ether oxygens (including phenoxy) is 1. The van der Waals surface area contributed by atoms with Gasteiger partial charge in [0, 0.05) is 5.56 Å². The van der Waals surface area contributed by atoms with Crippen molar-refractivity contribution in [3.8, 4) is 5.75 Å². The van der Waals surface area contributed by atoms with Crippen molar-refractivity contribution >= 4 is 27.7 Å². The Bertz CT molecular complexity index is 695. The lowest BCUT2D eigenvalue weighted by Crippen LogP contribution is -2.13. The molecule has 0 saturated carbocycles. The van der Waals surface area contributed by atoms with Crippen molar-refractivity contribution in [3.63, 3.8) is 0 Å². The van der Waals surface area contributed by atoms with E-state index in [0.29, 0.717) is 16.9 Å². The van der Waals surface area contributed by atoms with Gasteiger partial charge in [0.2, 0.25) is 0 Å². The van der Waals surface area contributed by atoms with Gasteiger partial charge in [0.15, 0.2) is 5.78 Å². The summed E-state index contributed by atoms with van der Waals surface area (Å²) in [7, 11) is 0. The first kappa shape index (κ1) is 17.4. The average molecular weight is 375 g/mol. The molecule has 0 atom stereocenters. The van der Waals surface area contributed by atoms with E-state index in [1.807, 2.05) is 12.1 Å². The number of carbonyl (C=O) groups is 2. The van der Waals surface area contributed by atoms with Gasteiger partial charge < -0.3 is 4.74 Å². The SMILES string of the molecule is CC(C)(C)c1ccc(C(=O)Oc2ccc(C(=O)CBr)cc2)cc1. The fourth-order valence-corrected chi connectivity index (χ4v) is 2.38. The molecule has 0 amide bonds. The van der Waals surface area contributed by atoms with Gasteiger partial charge in [-0.2, -0.15) is 0 Å². The van der Waals surface area contributed by atoms with Crippen molar-refractivity contribution in [3.05, 3.63) is 65.2 Å². The van der Waals surface area contributed by atoms with Crippen molar-refractivity contribution in [2.24, 2.45) is 0 Å². The molecule has 120 valence electrons. The summed E-state index contributed by atoms with van der Waals surface area (Å²) in [6.07, 6.45) is 0. The Balaban J connectivity index is 2.08. The summed E-state index contributed by atoms with van der Waals surface area (Å²) in [4.78, 5) is 23.7. The molecule has 0 fully saturated rings. The normalized spacial score (nSPS) is 11.1. The molecule has 4 heteroatoms. The molecule has 0 saturated heterocycles. The van der Waals surface area contributed by atoms with E-state index >= 15 is 0 Å². The van der Waals surface area contributed by atoms with Crippen molar-refractivity contribution in [1.29, 1.82) is 0 Å². The Morgan fingerprint density at radius 3 is 1.91 bits per heavy atom. The Hall–Kier alpha value is -1.94. The first-order valence-corrected chi connectivity index (χ1v) is 8.45. The third-order valence-electron chi connectivity index (χ3n) is 3.49. The topological polar surface area (TPSA) is 43.4 Å². The zero-order valence-corrected chi connectivity index (χ0v) is 15.0. The quantitative estimate of drug-likeness (QED) is 0.334. The summed E-state index contributed by atoms with van der Waals surface area (Å²) in [5.74, 6) is -0.00769. The lowest BCUT2D eigenvalue weighted by Gasteiger charge is -2.18. The molecule has 2 aromatic rings. The molecule has 2 rings (SSSR count). The van der Waals surface area contributed by atoms with E-state index in [9.17, 15) is 9.59 Å². The number of esters is 1. The van der Waals surface area contributed by atoms with E-state index in [0.717, 1.165) is 5.56 Å². The van der Waals surface area contributed by atoms with E-state index in [2.05, 4.69) is 36.7 Å². The number of ketones is 1. The van der Waals surface area contributed by atoms with Gasteiger partial charge in [-0.05, 0) is 47.4 Å². The Labute approximate surface area is 144 Å². The van der Waals surface area contributed by atoms with Crippen LogP contribution in [0.15, 0.2) is 48.5 Å². The van der Waals surface area contributed by atoms with E-state index < -0.39 is 5.97 Å². The van der Waals surface area contributed by atoms with E-state index in [1.54, 1.807) is 36.4 Å². The van der Waals surface area contributed by atoms with Gasteiger partial charge in [0.1, 0.15) is 5.75 Å². The molecular formula is C19H19BrO3. The number of hydrogen-bond donors (Lipinski definition) is 0. The second-order valence-electron chi connectivity index (χ2n) is 6.30. The van der Waals surface area contributed by atoms with Crippen LogP contribution in [0.3, 0.4) is 0 Å². The van der Waals surface area contributed by atoms with E-state index in [4.69, 9.17) is 4.74 Å². The third kappa shape index (κ3) is 4.52. The highest BCUT2D eigenvalue weighted by molar-refractivity contribution is 9.09. The van der Waals surface area contributed by atoms with Gasteiger partial charge in [-0.25, -0.2) is 4.79 Å². The van der Waals surface area contributed by atoms with Gasteiger partial charge >= 0.3 is 5.97 Å². The second-order valence-corrected chi connectivity index (χ2v) is 6.86. The number of halogens is 1. The van der Waals surface area contributed by atoms with Gasteiger partial charge in [0.25, 0.3) is 0 Å². The number of carbonyl (C=O) groups excluding carboxylic acids is 2. The molecule has 23 heavy (non-hydrogen) atoms. The molecule has 0 aliphatic carbocycles. The van der Waals surface area contributed by atoms with Crippen LogP contribution in [0.25, 0.3) is 0 Å². The number of hydrogen-bond acceptors (Lipinski definition) is 3. The molecule has 0 spiro atoms. The van der Waals surface area contributed by atoms with Crippen molar-refractivity contribution in [2.45, 2.75) is 26.2 Å². The summed E-state index contributed by atoms with van der Waals surface area (Å²) in [5.41, 5.74) is 2.28. The Kier molecular flexibility index (Phi) is 5.37. The van der Waals surface area contributed by atoms with Crippen LogP contribution < -0.4 is 4.74 Å². The average Bonchev–Trinajstić information content (AvgIpc) is 2.54. The largest absolute Gasteiger partial charge is 0.423 e. The van der Waals surface area contributed by atoms with Crippen LogP contribution in [-0.2, 0) is 5.41 Å². The maximum absolute atomic E-state index is 12.2. The molecule has 3 nitrogen and oxygen atoms in total. The van der Waals surface area contributed by atoms with Gasteiger partial charge in [-0.1, -0.05) is 48.8 Å². The molecule has 0 aliphatic heterocycles. The van der Waals surface area contributed by atoms with Gasteiger partial charge in [-0.3, -0.25) is 4.79 Å². The number of benzene rings is 2. The minimum absolute atomic E-state index is 0.0133. The van der Waals surface area contributed by atoms with Crippen LogP contribution in [-0.4, -0.2) is 17.1 Å². The number of Topliss-reactive ketones (excluding diaryl/α,β-unsaturated/α-hetero) is 1. The number of rotatable bonds is 4. The monoisotopic (exact) mass is 374 g/mol. The lowest BCUT2D eigenvalue weighted by atomic mass is 9.87. The predicted octanol–water partition coefficient (Wildman–Crippen LogP) is 4.78. The van der Waals surface area contributed by atoms with Crippen molar-refractivity contribution in [2.75, 3.05) is 5.33 Å². The molecule has 0 aromatic heterocycles. The zero-order valence-electron chi connectivity index (χ0n) is 13.4. The molecular weight excluding hydrogens is 356 g/mol. The summed E-state index contributed by atoms with van der Waals surface area (Å²) in [6.45, 7) is 6.36. The highest BCUT2D eigenvalue weighted by atomic mass is 79.9. The van der Waals surface area contributed by atoms with Gasteiger partial charge in [0.05, 0.1) is 10.9 Å². The Morgan fingerprint density at radius 2 is 1.43 bits per heavy atom. The van der Waals surface area contributed by atoms with E-state index in [-0.39, 0.29) is 16.5 Å². The summed E-state index contributed by atoms with van der Waals surface area (Å²) >= 11 is 3.13. The summed E-state index contributed by atoms with van der Waals surface area (Å²) in [6, 6.07) is 14.0. The van der Waals surface area contributed by atoms with Crippen molar-refractivity contribution in [1.82, 2.24) is 0 Å². The fraction of sp³-hybridized carbons (Fsp3) is 0.263. The van der Waals surface area contributed by atoms with Crippen LogP contribution >= 0.6 is 15.9 Å². The van der Waals surface area contributed by atoms with Crippen LogP contribution in [0.5, 0.6) is 5.75 Å². The van der Waals surface area contributed by atoms with Crippen LogP contribution in [0.4, 0.5) is 0 Å². The smallest absolute Gasteiger partial charge is 0.343 e. The first-order chi connectivity index (χ1) is 10.8. The van der Waals surface area contributed by atoms with Gasteiger partial charge in [-0.15, -0.1) is 0 Å². The molecule has 0 bridgehead atoms. The Morgan fingerprint density at radius 1 is 0.913 bits per heavy atom. The second kappa shape index (κ2) is 7.09. The standard InChI is InChI=1S/C19H19BrO3/c1-19(2,3)15-8-4-14(5-9-15)18(22)23-16-10-6-13(7-11-16)17(21)12-20/h4-11H,12H2,1-3H3. The molecule has 0 aliphatic rings. The minimum Gasteiger partial charge on any atom is -0.423 e. The highest BCUT2D eigenvalue weighted by Crippen LogP contribution is 2.22. The third-order valence-corrected chi connectivity index (χ3v) is 4.00. The van der Waals surface area contributed by atoms with Crippen LogP contribution in [0, 0.1) is 0 Å². The zero-order chi connectivity index (χ0) is 17.0. The van der Waals surface area contributed by atoms with Crippen LogP contribution in [0.1, 0.15) is 47.1 Å². The molecule has 0 N–H and O–H groups in total. The molecule has 2 aromatic carbocycles. The van der Waals surface area contributed by atoms with Crippen molar-refractivity contribution < 1.29 is 14.3 Å². The molecule has 0 unspecified atom stereocenters. The minimum atomic E-state index is -0.412. The summed E-state index contributed by atoms with van der Waals surface area (Å²) in [5, 5.41) is 0.270. The first-order valence-electron chi connectivity index (χ1n) is 7.33. The highest BCUT2D eigenvalue weighted by Gasteiger charge is 2.15. The molecule has 0 radical (unpaired) electrons. The van der Waals surface area contributed by atoms with Crippen LogP contribution in [0.2, 0.25) is 0 Å². The predicted molar refractivity (Wildman–Crippen MR) is 94.7 cm³/mol. The molecule has 0 heterocycles. The van der Waals surface area contributed by atoms with E-state index in [1.165, 1.54) is 0 Å².